The van der Waals surface area contributed by atoms with Crippen molar-refractivity contribution >= 4 is 33.2 Å². The molecule has 0 unspecified atom stereocenters. The van der Waals surface area contributed by atoms with Crippen molar-refractivity contribution in [1.82, 2.24) is 4.31 Å². The highest BCUT2D eigenvalue weighted by Gasteiger charge is 2.26. The first-order valence-corrected chi connectivity index (χ1v) is 9.88. The number of benzene rings is 2. The minimum absolute atomic E-state index is 0.104. The van der Waals surface area contributed by atoms with Crippen molar-refractivity contribution in [3.63, 3.8) is 0 Å². The summed E-state index contributed by atoms with van der Waals surface area (Å²) in [4.78, 5) is 12.4. The third-order valence-electron chi connectivity index (χ3n) is 3.62. The molecule has 0 atom stereocenters. The van der Waals surface area contributed by atoms with Crippen LogP contribution in [0.2, 0.25) is 5.02 Å². The second kappa shape index (κ2) is 9.02. The fourth-order valence-electron chi connectivity index (χ4n) is 2.32. The number of anilines is 1. The first-order valence-electron chi connectivity index (χ1n) is 8.06. The number of sulfonamides is 1. The number of rotatable bonds is 8. The zero-order valence-corrected chi connectivity index (χ0v) is 16.2. The van der Waals surface area contributed by atoms with Crippen molar-refractivity contribution in [3.05, 3.63) is 53.6 Å². The molecular weight excluding hydrogens is 376 g/mol. The lowest BCUT2D eigenvalue weighted by Crippen LogP contribution is -2.38. The van der Waals surface area contributed by atoms with E-state index in [4.69, 9.17) is 16.3 Å². The van der Waals surface area contributed by atoms with E-state index < -0.39 is 15.9 Å². The molecule has 26 heavy (non-hydrogen) atoms. The minimum atomic E-state index is -3.78. The molecule has 2 rings (SSSR count). The lowest BCUT2D eigenvalue weighted by Gasteiger charge is -2.21. The van der Waals surface area contributed by atoms with Crippen LogP contribution >= 0.6 is 11.6 Å². The standard InChI is InChI=1S/C18H21ClN2O4S/c1-3-12-21(26(23,24)17-10-4-14(19)5-11-17)13-18(22)20-15-6-8-16(25-2)9-7-15/h4-11H,3,12-13H2,1-2H3,(H,20,22). The normalized spacial score (nSPS) is 11.4. The molecule has 0 aliphatic heterocycles. The Balaban J connectivity index is 2.13. The van der Waals surface area contributed by atoms with Crippen molar-refractivity contribution in [3.8, 4) is 5.75 Å². The third kappa shape index (κ3) is 5.20. The summed E-state index contributed by atoms with van der Waals surface area (Å²) in [6, 6.07) is 12.7. The van der Waals surface area contributed by atoms with Gasteiger partial charge in [0, 0.05) is 17.3 Å². The number of carbonyl (C=O) groups is 1. The summed E-state index contributed by atoms with van der Waals surface area (Å²) in [5.41, 5.74) is 0.566. The van der Waals surface area contributed by atoms with Crippen LogP contribution in [0.15, 0.2) is 53.4 Å². The summed E-state index contributed by atoms with van der Waals surface area (Å²) in [6.07, 6.45) is 0.586. The Morgan fingerprint density at radius 1 is 1.12 bits per heavy atom. The number of amides is 1. The Labute approximate surface area is 158 Å². The maximum absolute atomic E-state index is 12.8. The van der Waals surface area contributed by atoms with Gasteiger partial charge in [-0.1, -0.05) is 18.5 Å². The largest absolute Gasteiger partial charge is 0.497 e. The Kier molecular flexibility index (Phi) is 7.02. The van der Waals surface area contributed by atoms with Crippen molar-refractivity contribution in [1.29, 1.82) is 0 Å². The Hall–Kier alpha value is -2.09. The molecule has 2 aromatic rings. The maximum Gasteiger partial charge on any atom is 0.243 e. The van der Waals surface area contributed by atoms with Crippen LogP contribution in [0.1, 0.15) is 13.3 Å². The maximum atomic E-state index is 12.8. The van der Waals surface area contributed by atoms with E-state index in [0.717, 1.165) is 4.31 Å². The van der Waals surface area contributed by atoms with Crippen LogP contribution in [-0.2, 0) is 14.8 Å². The van der Waals surface area contributed by atoms with Crippen LogP contribution in [0.3, 0.4) is 0 Å². The number of hydrogen-bond acceptors (Lipinski definition) is 4. The molecule has 0 bridgehead atoms. The molecule has 0 saturated carbocycles. The molecule has 1 amide bonds. The molecule has 0 aliphatic rings. The Morgan fingerprint density at radius 3 is 2.27 bits per heavy atom. The van der Waals surface area contributed by atoms with Crippen molar-refractivity contribution in [2.75, 3.05) is 25.5 Å². The van der Waals surface area contributed by atoms with E-state index in [9.17, 15) is 13.2 Å². The molecule has 0 aromatic heterocycles. The first kappa shape index (κ1) is 20.2. The molecule has 0 spiro atoms. The lowest BCUT2D eigenvalue weighted by atomic mass is 10.3. The number of nitrogens with zero attached hydrogens (tertiary/aromatic N) is 1. The van der Waals surface area contributed by atoms with E-state index >= 15 is 0 Å². The van der Waals surface area contributed by atoms with Gasteiger partial charge in [0.15, 0.2) is 0 Å². The van der Waals surface area contributed by atoms with E-state index in [1.54, 1.807) is 31.4 Å². The third-order valence-corrected chi connectivity index (χ3v) is 5.73. The molecule has 6 nitrogen and oxygen atoms in total. The lowest BCUT2D eigenvalue weighted by molar-refractivity contribution is -0.116. The van der Waals surface area contributed by atoms with E-state index in [1.807, 2.05) is 6.92 Å². The highest BCUT2D eigenvalue weighted by molar-refractivity contribution is 7.89. The van der Waals surface area contributed by atoms with Gasteiger partial charge in [-0.2, -0.15) is 4.31 Å². The van der Waals surface area contributed by atoms with Gasteiger partial charge in [0.05, 0.1) is 18.6 Å². The quantitative estimate of drug-likeness (QED) is 0.742. The number of methoxy groups -OCH3 is 1. The molecule has 0 fully saturated rings. The van der Waals surface area contributed by atoms with Gasteiger partial charge in [0.1, 0.15) is 5.75 Å². The second-order valence-electron chi connectivity index (χ2n) is 5.57. The fraction of sp³-hybridized carbons (Fsp3) is 0.278. The van der Waals surface area contributed by atoms with Crippen molar-refractivity contribution in [2.45, 2.75) is 18.2 Å². The van der Waals surface area contributed by atoms with E-state index in [1.165, 1.54) is 24.3 Å². The predicted molar refractivity (Wildman–Crippen MR) is 102 cm³/mol. The average Bonchev–Trinajstić information content (AvgIpc) is 2.62. The van der Waals surface area contributed by atoms with Gasteiger partial charge in [-0.05, 0) is 55.0 Å². The van der Waals surface area contributed by atoms with Gasteiger partial charge in [-0.25, -0.2) is 8.42 Å². The zero-order valence-electron chi connectivity index (χ0n) is 14.6. The summed E-state index contributed by atoms with van der Waals surface area (Å²) >= 11 is 5.82. The van der Waals surface area contributed by atoms with E-state index in [0.29, 0.717) is 22.9 Å². The van der Waals surface area contributed by atoms with Crippen LogP contribution in [-0.4, -0.2) is 38.8 Å². The van der Waals surface area contributed by atoms with Crippen molar-refractivity contribution in [2.24, 2.45) is 0 Å². The van der Waals surface area contributed by atoms with Gasteiger partial charge in [0.2, 0.25) is 15.9 Å². The molecule has 0 radical (unpaired) electrons. The number of nitrogens with one attached hydrogen (secondary N) is 1. The van der Waals surface area contributed by atoms with Crippen LogP contribution in [0.5, 0.6) is 5.75 Å². The molecule has 0 heterocycles. The Morgan fingerprint density at radius 2 is 1.73 bits per heavy atom. The summed E-state index contributed by atoms with van der Waals surface area (Å²) in [5, 5.41) is 3.14. The topological polar surface area (TPSA) is 75.7 Å². The zero-order chi connectivity index (χ0) is 19.2. The molecule has 0 saturated heterocycles. The van der Waals surface area contributed by atoms with Crippen LogP contribution in [0.4, 0.5) is 5.69 Å². The average molecular weight is 397 g/mol. The molecule has 8 heteroatoms. The minimum Gasteiger partial charge on any atom is -0.497 e. The van der Waals surface area contributed by atoms with E-state index in [2.05, 4.69) is 5.32 Å². The smallest absolute Gasteiger partial charge is 0.243 e. The van der Waals surface area contributed by atoms with Crippen LogP contribution in [0, 0.1) is 0 Å². The van der Waals surface area contributed by atoms with Gasteiger partial charge in [-0.3, -0.25) is 4.79 Å². The van der Waals surface area contributed by atoms with Gasteiger partial charge < -0.3 is 10.1 Å². The Bertz CT molecular complexity index is 836. The van der Waals surface area contributed by atoms with Gasteiger partial charge >= 0.3 is 0 Å². The van der Waals surface area contributed by atoms with E-state index in [-0.39, 0.29) is 18.0 Å². The SMILES string of the molecule is CCCN(CC(=O)Nc1ccc(OC)cc1)S(=O)(=O)c1ccc(Cl)cc1. The molecular formula is C18H21ClN2O4S. The van der Waals surface area contributed by atoms with Gasteiger partial charge in [0.25, 0.3) is 0 Å². The summed E-state index contributed by atoms with van der Waals surface area (Å²) < 4.78 is 31.8. The molecule has 0 aliphatic carbocycles. The predicted octanol–water partition coefficient (Wildman–Crippen LogP) is 3.39. The number of carbonyl (C=O) groups excluding carboxylic acids is 1. The number of hydrogen-bond donors (Lipinski definition) is 1. The molecule has 140 valence electrons. The van der Waals surface area contributed by atoms with Crippen LogP contribution < -0.4 is 10.1 Å². The van der Waals surface area contributed by atoms with Gasteiger partial charge in [-0.15, -0.1) is 0 Å². The number of ether oxygens (including phenoxy) is 1. The first-order chi connectivity index (χ1) is 12.4. The highest BCUT2D eigenvalue weighted by Crippen LogP contribution is 2.19. The van der Waals surface area contributed by atoms with Crippen molar-refractivity contribution < 1.29 is 17.9 Å². The second-order valence-corrected chi connectivity index (χ2v) is 7.94. The molecule has 1 N–H and O–H groups in total. The summed E-state index contributed by atoms with van der Waals surface area (Å²) in [6.45, 7) is 1.82. The summed E-state index contributed by atoms with van der Waals surface area (Å²) in [7, 11) is -2.23. The molecule has 2 aromatic carbocycles. The number of halogens is 1. The fourth-order valence-corrected chi connectivity index (χ4v) is 3.94. The van der Waals surface area contributed by atoms with Crippen LogP contribution in [0.25, 0.3) is 0 Å². The highest BCUT2D eigenvalue weighted by atomic mass is 35.5. The summed E-state index contributed by atoms with van der Waals surface area (Å²) in [5.74, 6) is 0.252. The monoisotopic (exact) mass is 396 g/mol.